The van der Waals surface area contributed by atoms with Gasteiger partial charge in [0.05, 0.1) is 0 Å². The van der Waals surface area contributed by atoms with E-state index in [2.05, 4.69) is 29.2 Å². The van der Waals surface area contributed by atoms with Crippen LogP contribution in [-0.2, 0) is 19.6 Å². The summed E-state index contributed by atoms with van der Waals surface area (Å²) in [4.78, 5) is 2.29. The Morgan fingerprint density at radius 2 is 1.45 bits per heavy atom. The highest BCUT2D eigenvalue weighted by atomic mass is 16.5. The van der Waals surface area contributed by atoms with E-state index in [1.807, 2.05) is 54.6 Å². The molecule has 0 radical (unpaired) electrons. The molecule has 0 bridgehead atoms. The molecule has 4 rings (SSSR count). The first-order valence-corrected chi connectivity index (χ1v) is 10.1. The van der Waals surface area contributed by atoms with Gasteiger partial charge in [0.15, 0.2) is 0 Å². The number of β-amino-alcohol motifs (C(OH)–C–C–N with tert-alkyl or cyclic N) is 1. The number of nitrogens with zero attached hydrogens (tertiary/aromatic N) is 1. The molecule has 0 fully saturated rings. The first kappa shape index (κ1) is 19.5. The number of hydrogen-bond donors (Lipinski definition) is 1. The Morgan fingerprint density at radius 3 is 2.21 bits per heavy atom. The van der Waals surface area contributed by atoms with E-state index in [0.29, 0.717) is 13.2 Å². The number of aliphatic hydroxyl groups excluding tert-OH is 1. The number of ether oxygens (including phenoxy) is 2. The smallest absolute Gasteiger partial charge is 0.120 e. The highest BCUT2D eigenvalue weighted by Gasteiger charge is 2.18. The van der Waals surface area contributed by atoms with Crippen LogP contribution >= 0.6 is 0 Å². The van der Waals surface area contributed by atoms with Crippen LogP contribution in [-0.4, -0.2) is 35.8 Å². The van der Waals surface area contributed by atoms with Crippen LogP contribution in [0.25, 0.3) is 0 Å². The molecule has 1 aliphatic rings. The van der Waals surface area contributed by atoms with Crippen molar-refractivity contribution in [1.29, 1.82) is 0 Å². The van der Waals surface area contributed by atoms with E-state index >= 15 is 0 Å². The molecule has 1 aliphatic heterocycles. The van der Waals surface area contributed by atoms with Gasteiger partial charge in [0.1, 0.15) is 30.8 Å². The lowest BCUT2D eigenvalue weighted by molar-refractivity contribution is 0.0637. The van der Waals surface area contributed by atoms with E-state index < -0.39 is 6.10 Å². The topological polar surface area (TPSA) is 41.9 Å². The second-order valence-corrected chi connectivity index (χ2v) is 7.46. The summed E-state index contributed by atoms with van der Waals surface area (Å²) in [5, 5.41) is 10.4. The summed E-state index contributed by atoms with van der Waals surface area (Å²) in [5.74, 6) is 1.54. The van der Waals surface area contributed by atoms with Gasteiger partial charge in [-0.05, 0) is 47.4 Å². The molecule has 0 saturated carbocycles. The predicted molar refractivity (Wildman–Crippen MR) is 114 cm³/mol. The van der Waals surface area contributed by atoms with Crippen LogP contribution < -0.4 is 9.47 Å². The summed E-state index contributed by atoms with van der Waals surface area (Å²) in [6, 6.07) is 26.2. The molecule has 1 atom stereocenters. The highest BCUT2D eigenvalue weighted by molar-refractivity contribution is 5.32. The maximum absolute atomic E-state index is 10.4. The lowest BCUT2D eigenvalue weighted by atomic mass is 10.00. The van der Waals surface area contributed by atoms with Crippen LogP contribution in [0.4, 0.5) is 0 Å². The average molecular weight is 389 g/mol. The number of aliphatic hydroxyl groups is 1. The molecule has 0 amide bonds. The zero-order valence-corrected chi connectivity index (χ0v) is 16.5. The number of benzene rings is 3. The van der Waals surface area contributed by atoms with Gasteiger partial charge in [-0.3, -0.25) is 4.90 Å². The van der Waals surface area contributed by atoms with Crippen molar-refractivity contribution in [2.24, 2.45) is 0 Å². The minimum atomic E-state index is -0.519. The van der Waals surface area contributed by atoms with Crippen molar-refractivity contribution in [2.75, 3.05) is 19.7 Å². The molecule has 0 spiro atoms. The summed E-state index contributed by atoms with van der Waals surface area (Å²) in [5.41, 5.74) is 3.92. The molecule has 0 aliphatic carbocycles. The standard InChI is InChI=1S/C25H27NO3/c27-23(17-26-15-14-21-8-4-5-9-22(21)16-26)19-29-25-12-10-24(11-13-25)28-18-20-6-2-1-3-7-20/h1-13,23,27H,14-19H2. The maximum atomic E-state index is 10.4. The van der Waals surface area contributed by atoms with Gasteiger partial charge in [-0.25, -0.2) is 0 Å². The second-order valence-electron chi connectivity index (χ2n) is 7.46. The van der Waals surface area contributed by atoms with Crippen LogP contribution in [0.15, 0.2) is 78.9 Å². The van der Waals surface area contributed by atoms with Crippen molar-refractivity contribution in [1.82, 2.24) is 4.90 Å². The minimum Gasteiger partial charge on any atom is -0.491 e. The molecule has 3 aromatic carbocycles. The normalized spacial score (nSPS) is 14.8. The van der Waals surface area contributed by atoms with E-state index in [9.17, 15) is 5.11 Å². The Labute approximate surface area is 172 Å². The monoisotopic (exact) mass is 389 g/mol. The lowest BCUT2D eigenvalue weighted by Crippen LogP contribution is -2.38. The molecular weight excluding hydrogens is 362 g/mol. The Morgan fingerprint density at radius 1 is 0.793 bits per heavy atom. The summed E-state index contributed by atoms with van der Waals surface area (Å²) >= 11 is 0. The average Bonchev–Trinajstić information content (AvgIpc) is 2.77. The molecule has 4 nitrogen and oxygen atoms in total. The minimum absolute atomic E-state index is 0.280. The third-order valence-electron chi connectivity index (χ3n) is 5.19. The summed E-state index contributed by atoms with van der Waals surface area (Å²) in [6.45, 7) is 3.30. The van der Waals surface area contributed by atoms with Crippen LogP contribution in [0.2, 0.25) is 0 Å². The molecule has 1 heterocycles. The van der Waals surface area contributed by atoms with Crippen LogP contribution in [0.1, 0.15) is 16.7 Å². The fourth-order valence-corrected chi connectivity index (χ4v) is 3.63. The van der Waals surface area contributed by atoms with Gasteiger partial charge < -0.3 is 14.6 Å². The quantitative estimate of drug-likeness (QED) is 0.631. The van der Waals surface area contributed by atoms with Crippen molar-refractivity contribution in [3.8, 4) is 11.5 Å². The lowest BCUT2D eigenvalue weighted by Gasteiger charge is -2.30. The zero-order chi connectivity index (χ0) is 19.9. The third-order valence-corrected chi connectivity index (χ3v) is 5.19. The van der Waals surface area contributed by atoms with Crippen LogP contribution in [0, 0.1) is 0 Å². The maximum Gasteiger partial charge on any atom is 0.120 e. The van der Waals surface area contributed by atoms with Crippen molar-refractivity contribution < 1.29 is 14.6 Å². The van der Waals surface area contributed by atoms with Crippen molar-refractivity contribution in [3.05, 3.63) is 95.6 Å². The fraction of sp³-hybridized carbons (Fsp3) is 0.280. The van der Waals surface area contributed by atoms with E-state index in [-0.39, 0.29) is 6.61 Å². The van der Waals surface area contributed by atoms with E-state index in [4.69, 9.17) is 9.47 Å². The zero-order valence-electron chi connectivity index (χ0n) is 16.5. The SMILES string of the molecule is OC(COc1ccc(OCc2ccccc2)cc1)CN1CCc2ccccc2C1. The van der Waals surface area contributed by atoms with E-state index in [1.54, 1.807) is 0 Å². The summed E-state index contributed by atoms with van der Waals surface area (Å²) < 4.78 is 11.6. The van der Waals surface area contributed by atoms with Crippen molar-refractivity contribution in [2.45, 2.75) is 25.7 Å². The van der Waals surface area contributed by atoms with Gasteiger partial charge in [-0.15, -0.1) is 0 Å². The fourth-order valence-electron chi connectivity index (χ4n) is 3.63. The van der Waals surface area contributed by atoms with Gasteiger partial charge in [0.2, 0.25) is 0 Å². The van der Waals surface area contributed by atoms with Gasteiger partial charge in [0, 0.05) is 19.6 Å². The van der Waals surface area contributed by atoms with E-state index in [1.165, 1.54) is 11.1 Å². The largest absolute Gasteiger partial charge is 0.491 e. The van der Waals surface area contributed by atoms with Crippen LogP contribution in [0.3, 0.4) is 0 Å². The molecule has 3 aromatic rings. The molecule has 1 unspecified atom stereocenters. The first-order chi connectivity index (χ1) is 14.3. The molecule has 1 N–H and O–H groups in total. The van der Waals surface area contributed by atoms with Gasteiger partial charge in [-0.1, -0.05) is 54.6 Å². The Balaban J connectivity index is 1.21. The van der Waals surface area contributed by atoms with Crippen molar-refractivity contribution in [3.63, 3.8) is 0 Å². The second kappa shape index (κ2) is 9.59. The number of fused-ring (bicyclic) bond motifs is 1. The Bertz CT molecular complexity index is 895. The Hall–Kier alpha value is -2.82. The summed E-state index contributed by atoms with van der Waals surface area (Å²) in [6.07, 6.45) is 0.517. The van der Waals surface area contributed by atoms with Gasteiger partial charge in [0.25, 0.3) is 0 Å². The highest BCUT2D eigenvalue weighted by Crippen LogP contribution is 2.20. The van der Waals surface area contributed by atoms with Gasteiger partial charge in [-0.2, -0.15) is 0 Å². The molecule has 29 heavy (non-hydrogen) atoms. The Kier molecular flexibility index (Phi) is 6.45. The summed E-state index contributed by atoms with van der Waals surface area (Å²) in [7, 11) is 0. The van der Waals surface area contributed by atoms with Crippen molar-refractivity contribution >= 4 is 0 Å². The molecule has 150 valence electrons. The molecule has 0 aromatic heterocycles. The van der Waals surface area contributed by atoms with Gasteiger partial charge >= 0.3 is 0 Å². The van der Waals surface area contributed by atoms with E-state index in [0.717, 1.165) is 36.6 Å². The molecule has 0 saturated heterocycles. The molecular formula is C25H27NO3. The first-order valence-electron chi connectivity index (χ1n) is 10.1. The number of hydrogen-bond acceptors (Lipinski definition) is 4. The third kappa shape index (κ3) is 5.59. The predicted octanol–water partition coefficient (Wildman–Crippen LogP) is 4.06. The number of rotatable bonds is 8. The molecule has 4 heteroatoms. The van der Waals surface area contributed by atoms with Crippen LogP contribution in [0.5, 0.6) is 11.5 Å².